The zero-order valence-electron chi connectivity index (χ0n) is 17.6. The maximum atomic E-state index is 12.2. The van der Waals surface area contributed by atoms with Gasteiger partial charge in [-0.15, -0.1) is 0 Å². The van der Waals surface area contributed by atoms with Gasteiger partial charge in [0.1, 0.15) is 22.7 Å². The Morgan fingerprint density at radius 1 is 1.22 bits per heavy atom. The Bertz CT molecular complexity index is 742. The number of aliphatic hydroxyl groups is 1. The fourth-order valence-electron chi connectivity index (χ4n) is 3.28. The van der Waals surface area contributed by atoms with Crippen molar-refractivity contribution in [1.82, 2.24) is 0 Å². The number of hydrogen-bond acceptors (Lipinski definition) is 5. The molecule has 0 saturated heterocycles. The van der Waals surface area contributed by atoms with Gasteiger partial charge >= 0.3 is 6.16 Å². The highest BCUT2D eigenvalue weighted by Gasteiger charge is 2.33. The van der Waals surface area contributed by atoms with E-state index in [1.54, 1.807) is 0 Å². The summed E-state index contributed by atoms with van der Waals surface area (Å²) in [5, 5.41) is 8.98. The van der Waals surface area contributed by atoms with E-state index >= 15 is 0 Å². The summed E-state index contributed by atoms with van der Waals surface area (Å²) in [4.78, 5) is 12.2. The molecule has 2 rings (SSSR count). The van der Waals surface area contributed by atoms with E-state index in [9.17, 15) is 4.79 Å². The summed E-state index contributed by atoms with van der Waals surface area (Å²) in [7, 11) is 0. The molecule has 0 radical (unpaired) electrons. The normalized spacial score (nSPS) is 19.6. The first kappa shape index (κ1) is 21.3. The molecule has 1 heterocycles. The summed E-state index contributed by atoms with van der Waals surface area (Å²) in [6.07, 6.45) is 5.55. The molecule has 5 nitrogen and oxygen atoms in total. The van der Waals surface area contributed by atoms with Gasteiger partial charge in [0.25, 0.3) is 0 Å². The Kier molecular flexibility index (Phi) is 6.25. The quantitative estimate of drug-likeness (QED) is 0.458. The Hall–Kier alpha value is -2.01. The molecule has 1 aromatic rings. The molecule has 5 heteroatoms. The van der Waals surface area contributed by atoms with Crippen molar-refractivity contribution >= 4 is 6.16 Å². The zero-order valence-corrected chi connectivity index (χ0v) is 17.6. The second-order valence-corrected chi connectivity index (χ2v) is 8.41. The van der Waals surface area contributed by atoms with Crippen molar-refractivity contribution in [3.8, 4) is 11.5 Å². The predicted molar refractivity (Wildman–Crippen MR) is 106 cm³/mol. The monoisotopic (exact) mass is 376 g/mol. The lowest BCUT2D eigenvalue weighted by molar-refractivity contribution is 0.0201. The average molecular weight is 376 g/mol. The lowest BCUT2D eigenvalue weighted by Crippen LogP contribution is -2.35. The van der Waals surface area contributed by atoms with Gasteiger partial charge in [-0.1, -0.05) is 6.08 Å². The largest absolute Gasteiger partial charge is 0.514 e. The van der Waals surface area contributed by atoms with Crippen LogP contribution in [0.4, 0.5) is 4.79 Å². The highest BCUT2D eigenvalue weighted by Crippen LogP contribution is 2.44. The summed E-state index contributed by atoms with van der Waals surface area (Å²) in [6, 6.07) is 0. The van der Waals surface area contributed by atoms with E-state index in [4.69, 9.17) is 19.3 Å². The molecule has 1 aliphatic heterocycles. The number of rotatable bonds is 4. The van der Waals surface area contributed by atoms with Crippen molar-refractivity contribution in [3.63, 3.8) is 0 Å². The maximum Gasteiger partial charge on any atom is 0.514 e. The molecule has 1 unspecified atom stereocenters. The zero-order chi connectivity index (χ0) is 20.4. The molecule has 150 valence electrons. The van der Waals surface area contributed by atoms with E-state index < -0.39 is 17.4 Å². The molecule has 0 saturated carbocycles. The van der Waals surface area contributed by atoms with Gasteiger partial charge in [-0.2, -0.15) is 0 Å². The minimum absolute atomic E-state index is 0.131. The van der Waals surface area contributed by atoms with Crippen LogP contribution < -0.4 is 9.47 Å². The van der Waals surface area contributed by atoms with Crippen molar-refractivity contribution in [3.05, 3.63) is 34.4 Å². The van der Waals surface area contributed by atoms with E-state index in [0.29, 0.717) is 12.2 Å². The van der Waals surface area contributed by atoms with Gasteiger partial charge in [-0.25, -0.2) is 4.79 Å². The van der Waals surface area contributed by atoms with Crippen molar-refractivity contribution in [2.24, 2.45) is 0 Å². The molecule has 1 N–H and O–H groups in total. The van der Waals surface area contributed by atoms with Crippen LogP contribution in [0.15, 0.2) is 12.2 Å². The van der Waals surface area contributed by atoms with Crippen LogP contribution in [0.5, 0.6) is 11.5 Å². The summed E-state index contributed by atoms with van der Waals surface area (Å²) in [6.45, 7) is 13.5. The fraction of sp³-hybridized carbons (Fsp3) is 0.591. The molecule has 27 heavy (non-hydrogen) atoms. The Morgan fingerprint density at radius 2 is 1.89 bits per heavy atom. The Labute approximate surface area is 162 Å². The summed E-state index contributed by atoms with van der Waals surface area (Å²) >= 11 is 0. The molecule has 0 spiro atoms. The standard InChI is InChI=1S/C22H32O5/c1-14-15(2)19-17(10-12-22(7,26-19)11-8-9-13-23)16(3)18(14)25-20(24)27-21(4,5)6/h8,11,23H,9-10,12-13H2,1-7H3/b11-8+. The first-order valence-corrected chi connectivity index (χ1v) is 9.48. The summed E-state index contributed by atoms with van der Waals surface area (Å²) in [5.74, 6) is 1.42. The van der Waals surface area contributed by atoms with E-state index in [1.807, 2.05) is 53.7 Å². The fourth-order valence-corrected chi connectivity index (χ4v) is 3.28. The lowest BCUT2D eigenvalue weighted by Gasteiger charge is -2.36. The lowest BCUT2D eigenvalue weighted by atomic mass is 9.87. The maximum absolute atomic E-state index is 12.2. The molecule has 1 atom stereocenters. The molecule has 0 fully saturated rings. The molecular weight excluding hydrogens is 344 g/mol. The molecule has 0 amide bonds. The first-order chi connectivity index (χ1) is 12.5. The number of fused-ring (bicyclic) bond motifs is 1. The highest BCUT2D eigenvalue weighted by molar-refractivity contribution is 5.68. The van der Waals surface area contributed by atoms with Gasteiger partial charge < -0.3 is 19.3 Å². The Morgan fingerprint density at radius 3 is 2.48 bits per heavy atom. The van der Waals surface area contributed by atoms with Crippen molar-refractivity contribution in [2.45, 2.75) is 78.9 Å². The van der Waals surface area contributed by atoms with Crippen LogP contribution in [0, 0.1) is 20.8 Å². The van der Waals surface area contributed by atoms with Crippen LogP contribution in [-0.2, 0) is 11.2 Å². The van der Waals surface area contributed by atoms with E-state index in [-0.39, 0.29) is 6.61 Å². The molecular formula is C22H32O5. The number of hydrogen-bond donors (Lipinski definition) is 1. The van der Waals surface area contributed by atoms with Gasteiger partial charge in [0.05, 0.1) is 0 Å². The van der Waals surface area contributed by atoms with E-state index in [2.05, 4.69) is 6.92 Å². The minimum Gasteiger partial charge on any atom is -0.483 e. The van der Waals surface area contributed by atoms with Crippen LogP contribution in [0.25, 0.3) is 0 Å². The van der Waals surface area contributed by atoms with Crippen LogP contribution in [-0.4, -0.2) is 29.1 Å². The third kappa shape index (κ3) is 5.04. The number of benzene rings is 1. The van der Waals surface area contributed by atoms with Crippen LogP contribution in [0.3, 0.4) is 0 Å². The second-order valence-electron chi connectivity index (χ2n) is 8.41. The minimum atomic E-state index is -0.693. The molecule has 1 aliphatic rings. The SMILES string of the molecule is Cc1c(C)c2c(c(C)c1OC(=O)OC(C)(C)C)CCC(C)(/C=C/CCO)O2. The summed E-state index contributed by atoms with van der Waals surface area (Å²) in [5.41, 5.74) is 2.83. The average Bonchev–Trinajstić information content (AvgIpc) is 2.55. The van der Waals surface area contributed by atoms with Crippen LogP contribution >= 0.6 is 0 Å². The molecule has 0 aromatic heterocycles. The molecule has 0 bridgehead atoms. The van der Waals surface area contributed by atoms with Gasteiger partial charge in [-0.3, -0.25) is 0 Å². The smallest absolute Gasteiger partial charge is 0.483 e. The van der Waals surface area contributed by atoms with Gasteiger partial charge in [0, 0.05) is 12.2 Å². The third-order valence-electron chi connectivity index (χ3n) is 4.86. The van der Waals surface area contributed by atoms with E-state index in [0.717, 1.165) is 40.8 Å². The van der Waals surface area contributed by atoms with Crippen LogP contribution in [0.2, 0.25) is 0 Å². The predicted octanol–water partition coefficient (Wildman–Crippen LogP) is 4.95. The van der Waals surface area contributed by atoms with Gasteiger partial charge in [0.2, 0.25) is 0 Å². The van der Waals surface area contributed by atoms with Crippen molar-refractivity contribution < 1.29 is 24.1 Å². The number of carbonyl (C=O) groups excluding carboxylic acids is 1. The number of carbonyl (C=O) groups is 1. The third-order valence-corrected chi connectivity index (χ3v) is 4.86. The van der Waals surface area contributed by atoms with Gasteiger partial charge in [-0.05, 0) is 90.5 Å². The van der Waals surface area contributed by atoms with E-state index in [1.165, 1.54) is 0 Å². The van der Waals surface area contributed by atoms with Crippen molar-refractivity contribution in [2.75, 3.05) is 6.61 Å². The topological polar surface area (TPSA) is 65.0 Å². The highest BCUT2D eigenvalue weighted by atomic mass is 16.7. The van der Waals surface area contributed by atoms with Crippen molar-refractivity contribution in [1.29, 1.82) is 0 Å². The first-order valence-electron chi connectivity index (χ1n) is 9.48. The van der Waals surface area contributed by atoms with Gasteiger partial charge in [0.15, 0.2) is 0 Å². The Balaban J connectivity index is 2.35. The number of ether oxygens (including phenoxy) is 3. The number of aliphatic hydroxyl groups excluding tert-OH is 1. The molecule has 0 aliphatic carbocycles. The molecule has 1 aromatic carbocycles. The van der Waals surface area contributed by atoms with Crippen LogP contribution in [0.1, 0.15) is 62.8 Å². The second kappa shape index (κ2) is 7.93. The summed E-state index contributed by atoms with van der Waals surface area (Å²) < 4.78 is 17.2.